The molecule has 144 valence electrons. The number of piperidine rings is 1. The molecule has 3 rings (SSSR count). The Morgan fingerprint density at radius 2 is 2.07 bits per heavy atom. The summed E-state index contributed by atoms with van der Waals surface area (Å²) >= 11 is 0. The third-order valence-electron chi connectivity index (χ3n) is 4.78. The van der Waals surface area contributed by atoms with Crippen LogP contribution in [0.4, 0.5) is 22.2 Å². The molecule has 1 aliphatic heterocycles. The molecule has 0 unspecified atom stereocenters. The van der Waals surface area contributed by atoms with E-state index in [2.05, 4.69) is 45.7 Å². The lowest BCUT2D eigenvalue weighted by Crippen LogP contribution is -2.42. The van der Waals surface area contributed by atoms with E-state index in [9.17, 15) is 4.79 Å². The summed E-state index contributed by atoms with van der Waals surface area (Å²) in [5.41, 5.74) is 3.40. The fourth-order valence-corrected chi connectivity index (χ4v) is 3.05. The van der Waals surface area contributed by atoms with Gasteiger partial charge in [0.2, 0.25) is 5.95 Å². The number of carbonyl (C=O) groups is 1. The second-order valence-electron chi connectivity index (χ2n) is 6.64. The molecule has 1 fully saturated rings. The Morgan fingerprint density at radius 3 is 2.81 bits per heavy atom. The van der Waals surface area contributed by atoms with E-state index >= 15 is 0 Å². The molecule has 8 heteroatoms. The van der Waals surface area contributed by atoms with Gasteiger partial charge in [-0.25, -0.2) is 4.79 Å². The lowest BCUT2D eigenvalue weighted by Gasteiger charge is -2.31. The maximum absolute atomic E-state index is 11.8. The number of benzene rings is 1. The Morgan fingerprint density at radius 1 is 1.30 bits per heavy atom. The van der Waals surface area contributed by atoms with E-state index in [4.69, 9.17) is 4.74 Å². The summed E-state index contributed by atoms with van der Waals surface area (Å²) in [6.45, 7) is 7.68. The number of rotatable bonds is 5. The Balaban J connectivity index is 1.58. The zero-order valence-electron chi connectivity index (χ0n) is 16.0. The fourth-order valence-electron chi connectivity index (χ4n) is 3.05. The SMILES string of the molecule is CCOC(=O)N1CCC(Nc2nncc(Nc3cccc(C)c3C)n2)CC1. The molecule has 0 atom stereocenters. The van der Waals surface area contributed by atoms with Crippen molar-refractivity contribution >= 4 is 23.5 Å². The first-order valence-corrected chi connectivity index (χ1v) is 9.28. The number of hydrogen-bond acceptors (Lipinski definition) is 7. The molecule has 27 heavy (non-hydrogen) atoms. The van der Waals surface area contributed by atoms with Crippen LogP contribution < -0.4 is 10.6 Å². The van der Waals surface area contributed by atoms with E-state index in [0.717, 1.165) is 18.5 Å². The first-order chi connectivity index (χ1) is 13.1. The Kier molecular flexibility index (Phi) is 6.05. The average molecular weight is 370 g/mol. The van der Waals surface area contributed by atoms with Crippen LogP contribution in [0.2, 0.25) is 0 Å². The summed E-state index contributed by atoms with van der Waals surface area (Å²) in [7, 11) is 0. The molecule has 0 radical (unpaired) electrons. The highest BCUT2D eigenvalue weighted by Crippen LogP contribution is 2.22. The van der Waals surface area contributed by atoms with Crippen molar-refractivity contribution in [2.45, 2.75) is 39.7 Å². The van der Waals surface area contributed by atoms with E-state index in [1.165, 1.54) is 11.1 Å². The van der Waals surface area contributed by atoms with Crippen molar-refractivity contribution in [3.8, 4) is 0 Å². The van der Waals surface area contributed by atoms with Crippen LogP contribution in [0.25, 0.3) is 0 Å². The van der Waals surface area contributed by atoms with Gasteiger partial charge in [0.25, 0.3) is 0 Å². The molecule has 0 aliphatic carbocycles. The monoisotopic (exact) mass is 370 g/mol. The third-order valence-corrected chi connectivity index (χ3v) is 4.78. The molecule has 2 aromatic rings. The zero-order valence-corrected chi connectivity index (χ0v) is 16.0. The fraction of sp³-hybridized carbons (Fsp3) is 0.474. The van der Waals surface area contributed by atoms with E-state index in [1.54, 1.807) is 11.1 Å². The summed E-state index contributed by atoms with van der Waals surface area (Å²) in [5, 5.41) is 14.7. The van der Waals surface area contributed by atoms with Crippen LogP contribution in [0.1, 0.15) is 30.9 Å². The minimum absolute atomic E-state index is 0.202. The summed E-state index contributed by atoms with van der Waals surface area (Å²) in [4.78, 5) is 18.0. The molecule has 1 saturated heterocycles. The molecular weight excluding hydrogens is 344 g/mol. The number of amides is 1. The first kappa shape index (κ1) is 18.9. The first-order valence-electron chi connectivity index (χ1n) is 9.28. The lowest BCUT2D eigenvalue weighted by atomic mass is 10.1. The molecule has 1 amide bonds. The Hall–Kier alpha value is -2.90. The molecule has 1 aromatic heterocycles. The topological polar surface area (TPSA) is 92.3 Å². The van der Waals surface area contributed by atoms with Gasteiger partial charge in [-0.1, -0.05) is 12.1 Å². The maximum Gasteiger partial charge on any atom is 0.409 e. The van der Waals surface area contributed by atoms with Crippen molar-refractivity contribution in [3.05, 3.63) is 35.5 Å². The van der Waals surface area contributed by atoms with Gasteiger partial charge >= 0.3 is 6.09 Å². The number of aryl methyl sites for hydroxylation is 1. The molecule has 1 aliphatic rings. The van der Waals surface area contributed by atoms with Gasteiger partial charge in [0, 0.05) is 24.8 Å². The minimum Gasteiger partial charge on any atom is -0.450 e. The smallest absolute Gasteiger partial charge is 0.409 e. The number of ether oxygens (including phenoxy) is 1. The largest absolute Gasteiger partial charge is 0.450 e. The second-order valence-corrected chi connectivity index (χ2v) is 6.64. The van der Waals surface area contributed by atoms with Crippen molar-refractivity contribution in [2.24, 2.45) is 0 Å². The van der Waals surface area contributed by atoms with Crippen LogP contribution in [-0.4, -0.2) is 51.9 Å². The number of likely N-dealkylation sites (tertiary alicyclic amines) is 1. The van der Waals surface area contributed by atoms with Gasteiger partial charge in [-0.3, -0.25) is 0 Å². The van der Waals surface area contributed by atoms with Gasteiger partial charge in [-0.15, -0.1) is 5.10 Å². The molecule has 8 nitrogen and oxygen atoms in total. The molecule has 0 bridgehead atoms. The normalized spacial score (nSPS) is 14.7. The highest BCUT2D eigenvalue weighted by molar-refractivity contribution is 5.67. The minimum atomic E-state index is -0.242. The van der Waals surface area contributed by atoms with Gasteiger partial charge in [0.05, 0.1) is 12.8 Å². The third kappa shape index (κ3) is 4.84. The molecule has 2 N–H and O–H groups in total. The van der Waals surface area contributed by atoms with Crippen molar-refractivity contribution in [3.63, 3.8) is 0 Å². The van der Waals surface area contributed by atoms with Crippen molar-refractivity contribution in [2.75, 3.05) is 30.3 Å². The number of hydrogen-bond donors (Lipinski definition) is 2. The summed E-state index contributed by atoms with van der Waals surface area (Å²) in [5.74, 6) is 1.13. The molecule has 0 saturated carbocycles. The van der Waals surface area contributed by atoms with Crippen molar-refractivity contribution < 1.29 is 9.53 Å². The van der Waals surface area contributed by atoms with Crippen molar-refractivity contribution in [1.82, 2.24) is 20.1 Å². The van der Waals surface area contributed by atoms with Crippen LogP contribution in [0, 0.1) is 13.8 Å². The standard InChI is InChI=1S/C19H26N6O2/c1-4-27-19(26)25-10-8-15(9-11-25)21-18-23-17(12-20-24-18)22-16-7-5-6-13(2)14(16)3/h5-7,12,15H,4,8-11H2,1-3H3,(H2,21,22,23,24). The predicted molar refractivity (Wildman–Crippen MR) is 104 cm³/mol. The number of nitrogens with zero attached hydrogens (tertiary/aromatic N) is 4. The number of nitrogens with one attached hydrogen (secondary N) is 2. The molecule has 1 aromatic carbocycles. The quantitative estimate of drug-likeness (QED) is 0.834. The van der Waals surface area contributed by atoms with Gasteiger partial charge in [0.15, 0.2) is 5.82 Å². The van der Waals surface area contributed by atoms with Crippen LogP contribution in [0.3, 0.4) is 0 Å². The predicted octanol–water partition coefficient (Wildman–Crippen LogP) is 3.26. The van der Waals surface area contributed by atoms with E-state index in [1.807, 2.05) is 19.1 Å². The van der Waals surface area contributed by atoms with Crippen LogP contribution in [0.5, 0.6) is 0 Å². The lowest BCUT2D eigenvalue weighted by molar-refractivity contribution is 0.0983. The van der Waals surface area contributed by atoms with Crippen LogP contribution in [-0.2, 0) is 4.74 Å². The molecule has 0 spiro atoms. The van der Waals surface area contributed by atoms with E-state index < -0.39 is 0 Å². The average Bonchev–Trinajstić information content (AvgIpc) is 2.67. The summed E-state index contributed by atoms with van der Waals surface area (Å²) in [6, 6.07) is 6.31. The van der Waals surface area contributed by atoms with Crippen LogP contribution >= 0.6 is 0 Å². The van der Waals surface area contributed by atoms with Gasteiger partial charge in [-0.05, 0) is 50.8 Å². The van der Waals surface area contributed by atoms with Gasteiger partial charge in [-0.2, -0.15) is 10.1 Å². The summed E-state index contributed by atoms with van der Waals surface area (Å²) in [6.07, 6.45) is 3.00. The van der Waals surface area contributed by atoms with Gasteiger partial charge < -0.3 is 20.3 Å². The van der Waals surface area contributed by atoms with Gasteiger partial charge in [0.1, 0.15) is 0 Å². The second kappa shape index (κ2) is 8.66. The highest BCUT2D eigenvalue weighted by atomic mass is 16.6. The zero-order chi connectivity index (χ0) is 19.2. The number of anilines is 3. The van der Waals surface area contributed by atoms with E-state index in [-0.39, 0.29) is 12.1 Å². The number of carbonyl (C=O) groups excluding carboxylic acids is 1. The molecular formula is C19H26N6O2. The number of aromatic nitrogens is 3. The highest BCUT2D eigenvalue weighted by Gasteiger charge is 2.24. The Labute approximate surface area is 159 Å². The summed E-state index contributed by atoms with van der Waals surface area (Å²) < 4.78 is 5.05. The van der Waals surface area contributed by atoms with Crippen LogP contribution in [0.15, 0.2) is 24.4 Å². The van der Waals surface area contributed by atoms with Crippen molar-refractivity contribution in [1.29, 1.82) is 0 Å². The van der Waals surface area contributed by atoms with E-state index in [0.29, 0.717) is 31.5 Å². The maximum atomic E-state index is 11.8. The Bertz CT molecular complexity index is 790. The molecule has 2 heterocycles.